The van der Waals surface area contributed by atoms with Crippen molar-refractivity contribution in [3.63, 3.8) is 0 Å². The second-order valence-corrected chi connectivity index (χ2v) is 8.49. The first-order valence-electron chi connectivity index (χ1n) is 10.00. The molecule has 1 aliphatic rings. The van der Waals surface area contributed by atoms with Crippen LogP contribution in [0.15, 0.2) is 54.7 Å². The topological polar surface area (TPSA) is 71.9 Å². The number of benzene rings is 1. The fourth-order valence-electron chi connectivity index (χ4n) is 3.65. The molecular weight excluding hydrogens is 368 g/mol. The molecule has 1 N–H and O–H groups in total. The van der Waals surface area contributed by atoms with Crippen molar-refractivity contribution in [3.05, 3.63) is 66.0 Å². The normalized spacial score (nSPS) is 22.3. The molecule has 29 heavy (non-hydrogen) atoms. The van der Waals surface area contributed by atoms with Gasteiger partial charge in [0.05, 0.1) is 37.0 Å². The summed E-state index contributed by atoms with van der Waals surface area (Å²) in [6, 6.07) is 15.6. The maximum atomic E-state index is 12.6. The molecule has 1 fully saturated rings. The predicted octanol–water partition coefficient (Wildman–Crippen LogP) is 3.54. The number of carbonyl (C=O) groups is 1. The van der Waals surface area contributed by atoms with E-state index in [1.54, 1.807) is 11.1 Å². The molecule has 2 atom stereocenters. The van der Waals surface area contributed by atoms with Crippen molar-refractivity contribution >= 4 is 6.09 Å². The van der Waals surface area contributed by atoms with E-state index < -0.39 is 17.1 Å². The van der Waals surface area contributed by atoms with Gasteiger partial charge < -0.3 is 19.5 Å². The van der Waals surface area contributed by atoms with Gasteiger partial charge in [0.15, 0.2) is 0 Å². The number of nitrogens with zero attached hydrogens (tertiary/aromatic N) is 2. The third-order valence-corrected chi connectivity index (χ3v) is 5.23. The Kier molecular flexibility index (Phi) is 6.55. The zero-order valence-corrected chi connectivity index (χ0v) is 17.4. The van der Waals surface area contributed by atoms with Crippen molar-refractivity contribution in [2.24, 2.45) is 0 Å². The van der Waals surface area contributed by atoms with Gasteiger partial charge in [-0.15, -0.1) is 0 Å². The summed E-state index contributed by atoms with van der Waals surface area (Å²) in [4.78, 5) is 18.8. The smallest absolute Gasteiger partial charge is 0.410 e. The number of rotatable bonds is 5. The van der Waals surface area contributed by atoms with E-state index >= 15 is 0 Å². The number of ether oxygens (including phenoxy) is 2. The molecule has 0 radical (unpaired) electrons. The fourth-order valence-corrected chi connectivity index (χ4v) is 3.65. The van der Waals surface area contributed by atoms with Gasteiger partial charge in [0.25, 0.3) is 0 Å². The van der Waals surface area contributed by atoms with E-state index in [0.717, 1.165) is 11.3 Å². The van der Waals surface area contributed by atoms with Crippen LogP contribution < -0.4 is 0 Å². The van der Waals surface area contributed by atoms with E-state index in [0.29, 0.717) is 26.1 Å². The molecule has 1 aliphatic heterocycles. The van der Waals surface area contributed by atoms with E-state index in [-0.39, 0.29) is 12.7 Å². The number of hydrogen-bond acceptors (Lipinski definition) is 5. The Balaban J connectivity index is 1.84. The average molecular weight is 399 g/mol. The first-order chi connectivity index (χ1) is 13.8. The lowest BCUT2D eigenvalue weighted by molar-refractivity contribution is -0.0825. The highest BCUT2D eigenvalue weighted by atomic mass is 16.6. The van der Waals surface area contributed by atoms with E-state index in [1.165, 1.54) is 0 Å². The Morgan fingerprint density at radius 1 is 1.21 bits per heavy atom. The first kappa shape index (κ1) is 21.3. The summed E-state index contributed by atoms with van der Waals surface area (Å²) in [5, 5.41) is 10.4. The lowest BCUT2D eigenvalue weighted by Gasteiger charge is -2.46. The van der Waals surface area contributed by atoms with Gasteiger partial charge in [0.1, 0.15) is 5.60 Å². The van der Waals surface area contributed by atoms with E-state index in [4.69, 9.17) is 9.47 Å². The monoisotopic (exact) mass is 398 g/mol. The maximum absolute atomic E-state index is 12.6. The van der Waals surface area contributed by atoms with E-state index in [2.05, 4.69) is 4.98 Å². The van der Waals surface area contributed by atoms with Crippen molar-refractivity contribution in [2.45, 2.75) is 50.9 Å². The Hall–Kier alpha value is -2.44. The predicted molar refractivity (Wildman–Crippen MR) is 110 cm³/mol. The minimum atomic E-state index is -0.672. The standard InChI is InChI=1S/C23H30N2O4/c1-22(2,3)29-21(27)25-14-12-23(17-26,19-11-7-8-13-24-19)20(15-25)28-16-18-9-5-4-6-10-18/h4-11,13,20,26H,12,14-17H2,1-3H3/t20-,23-/m1/s1. The molecule has 1 aromatic heterocycles. The summed E-state index contributed by atoms with van der Waals surface area (Å²) in [6.45, 7) is 6.64. The lowest BCUT2D eigenvalue weighted by Crippen LogP contribution is -2.58. The third kappa shape index (κ3) is 5.14. The molecule has 3 rings (SSSR count). The number of likely N-dealkylation sites (tertiary alicyclic amines) is 1. The molecule has 2 heterocycles. The van der Waals surface area contributed by atoms with Crippen LogP contribution in [0.5, 0.6) is 0 Å². The van der Waals surface area contributed by atoms with Crippen molar-refractivity contribution in [1.29, 1.82) is 0 Å². The molecule has 6 heteroatoms. The number of aliphatic hydroxyl groups is 1. The molecule has 1 amide bonds. The van der Waals surface area contributed by atoms with E-state index in [9.17, 15) is 9.90 Å². The number of pyridine rings is 1. The third-order valence-electron chi connectivity index (χ3n) is 5.23. The summed E-state index contributed by atoms with van der Waals surface area (Å²) in [5.74, 6) is 0. The van der Waals surface area contributed by atoms with Crippen molar-refractivity contribution in [1.82, 2.24) is 9.88 Å². The van der Waals surface area contributed by atoms with Crippen molar-refractivity contribution in [2.75, 3.05) is 19.7 Å². The van der Waals surface area contributed by atoms with Gasteiger partial charge in [0, 0.05) is 12.7 Å². The van der Waals surface area contributed by atoms with Crippen LogP contribution in [-0.2, 0) is 21.5 Å². The molecule has 0 spiro atoms. The zero-order valence-electron chi connectivity index (χ0n) is 17.4. The summed E-state index contributed by atoms with van der Waals surface area (Å²) in [5.41, 5.74) is 0.581. The lowest BCUT2D eigenvalue weighted by atomic mass is 9.73. The highest BCUT2D eigenvalue weighted by Crippen LogP contribution is 2.37. The molecule has 1 aromatic carbocycles. The first-order valence-corrected chi connectivity index (χ1v) is 10.00. The Morgan fingerprint density at radius 2 is 1.93 bits per heavy atom. The van der Waals surface area contributed by atoms with Gasteiger partial charge in [0.2, 0.25) is 0 Å². The van der Waals surface area contributed by atoms with Crippen molar-refractivity contribution in [3.8, 4) is 0 Å². The Morgan fingerprint density at radius 3 is 2.55 bits per heavy atom. The number of hydrogen-bond donors (Lipinski definition) is 1. The summed E-state index contributed by atoms with van der Waals surface area (Å²) in [7, 11) is 0. The molecule has 0 unspecified atom stereocenters. The van der Waals surface area contributed by atoms with Gasteiger partial charge in [-0.3, -0.25) is 4.98 Å². The summed E-state index contributed by atoms with van der Waals surface area (Å²) < 4.78 is 11.8. The number of carbonyl (C=O) groups excluding carboxylic acids is 1. The van der Waals surface area contributed by atoms with Crippen LogP contribution in [0.25, 0.3) is 0 Å². The zero-order chi connectivity index (χ0) is 20.9. The molecule has 0 bridgehead atoms. The van der Waals surface area contributed by atoms with Crippen molar-refractivity contribution < 1.29 is 19.4 Å². The van der Waals surface area contributed by atoms with Crippen LogP contribution in [0.4, 0.5) is 4.79 Å². The number of aromatic nitrogens is 1. The molecule has 0 aliphatic carbocycles. The highest BCUT2D eigenvalue weighted by molar-refractivity contribution is 5.68. The van der Waals surface area contributed by atoms with Crippen LogP contribution in [-0.4, -0.2) is 52.5 Å². The fraction of sp³-hybridized carbons (Fsp3) is 0.478. The number of piperidine rings is 1. The SMILES string of the molecule is CC(C)(C)OC(=O)N1CC[C@@](CO)(c2ccccn2)[C@H](OCc2ccccc2)C1. The van der Waals surface area contributed by atoms with Gasteiger partial charge in [-0.2, -0.15) is 0 Å². The van der Waals surface area contributed by atoms with Crippen LogP contribution in [0.3, 0.4) is 0 Å². The second kappa shape index (κ2) is 8.93. The largest absolute Gasteiger partial charge is 0.444 e. The van der Waals surface area contributed by atoms with Crippen LogP contribution in [0.1, 0.15) is 38.4 Å². The Bertz CT molecular complexity index is 792. The summed E-state index contributed by atoms with van der Waals surface area (Å²) in [6.07, 6.45) is 1.49. The highest BCUT2D eigenvalue weighted by Gasteiger charge is 2.47. The molecule has 2 aromatic rings. The van der Waals surface area contributed by atoms with Gasteiger partial charge in [-0.25, -0.2) is 4.79 Å². The van der Waals surface area contributed by atoms with Gasteiger partial charge >= 0.3 is 6.09 Å². The molecule has 6 nitrogen and oxygen atoms in total. The molecular formula is C23H30N2O4. The van der Waals surface area contributed by atoms with Crippen LogP contribution >= 0.6 is 0 Å². The molecule has 1 saturated heterocycles. The van der Waals surface area contributed by atoms with Crippen LogP contribution in [0, 0.1) is 0 Å². The minimum Gasteiger partial charge on any atom is -0.444 e. The van der Waals surface area contributed by atoms with Gasteiger partial charge in [-0.1, -0.05) is 36.4 Å². The minimum absolute atomic E-state index is 0.106. The second-order valence-electron chi connectivity index (χ2n) is 8.49. The van der Waals surface area contributed by atoms with E-state index in [1.807, 2.05) is 69.3 Å². The molecule has 156 valence electrons. The van der Waals surface area contributed by atoms with Crippen LogP contribution in [0.2, 0.25) is 0 Å². The quantitative estimate of drug-likeness (QED) is 0.834. The molecule has 0 saturated carbocycles. The van der Waals surface area contributed by atoms with Gasteiger partial charge in [-0.05, 0) is 44.9 Å². The maximum Gasteiger partial charge on any atom is 0.410 e. The summed E-state index contributed by atoms with van der Waals surface area (Å²) >= 11 is 0. The number of aliphatic hydroxyl groups excluding tert-OH is 1. The Labute approximate surface area is 172 Å². The average Bonchev–Trinajstić information content (AvgIpc) is 2.72. The number of amides is 1.